The molecule has 0 saturated carbocycles. The van der Waals surface area contributed by atoms with E-state index in [9.17, 15) is 9.59 Å². The Balaban J connectivity index is 2.81. The Bertz CT molecular complexity index is 299. The van der Waals surface area contributed by atoms with Crippen molar-refractivity contribution in [2.75, 3.05) is 0 Å². The Labute approximate surface area is 75.5 Å². The lowest BCUT2D eigenvalue weighted by Gasteiger charge is -2.10. The van der Waals surface area contributed by atoms with E-state index in [2.05, 4.69) is 0 Å². The highest BCUT2D eigenvalue weighted by Crippen LogP contribution is 2.18. The molecule has 70 valence electrons. The van der Waals surface area contributed by atoms with Gasteiger partial charge in [-0.3, -0.25) is 9.59 Å². The van der Waals surface area contributed by atoms with Crippen LogP contribution in [-0.2, 0) is 14.3 Å². The number of hydrogen-bond donors (Lipinski definition) is 0. The minimum atomic E-state index is -0.910. The molecular formula is C9H10O4. The van der Waals surface area contributed by atoms with Gasteiger partial charge in [-0.1, -0.05) is 0 Å². The lowest BCUT2D eigenvalue weighted by Crippen LogP contribution is -2.15. The molecule has 1 atom stereocenters. The minimum Gasteiger partial charge on any atom is -0.465 e. The summed E-state index contributed by atoms with van der Waals surface area (Å²) in [5.74, 6) is -0.413. The largest absolute Gasteiger partial charge is 0.465 e. The molecule has 0 spiro atoms. The van der Waals surface area contributed by atoms with Crippen molar-refractivity contribution in [3.63, 3.8) is 0 Å². The average molecular weight is 182 g/mol. The van der Waals surface area contributed by atoms with Crippen LogP contribution in [0.1, 0.15) is 25.7 Å². The van der Waals surface area contributed by atoms with Gasteiger partial charge in [0.05, 0.1) is 6.26 Å². The van der Waals surface area contributed by atoms with Gasteiger partial charge < -0.3 is 9.15 Å². The smallest absolute Gasteiger partial charge is 0.303 e. The minimum absolute atomic E-state index is 0.259. The van der Waals surface area contributed by atoms with Crippen LogP contribution < -0.4 is 0 Å². The number of ketones is 1. The maximum absolute atomic E-state index is 11.0. The van der Waals surface area contributed by atoms with Crippen LogP contribution in [0, 0.1) is 0 Å². The van der Waals surface area contributed by atoms with E-state index < -0.39 is 12.1 Å². The van der Waals surface area contributed by atoms with Crippen molar-refractivity contribution in [3.05, 3.63) is 24.2 Å². The molecule has 1 aromatic rings. The van der Waals surface area contributed by atoms with Crippen LogP contribution >= 0.6 is 0 Å². The van der Waals surface area contributed by atoms with E-state index in [0.29, 0.717) is 5.76 Å². The SMILES string of the molecule is CC(=O)OC(C(C)=O)c1ccco1. The molecule has 0 aromatic carbocycles. The molecule has 0 amide bonds. The molecule has 0 fully saturated rings. The zero-order valence-electron chi connectivity index (χ0n) is 7.44. The number of ether oxygens (including phenoxy) is 1. The highest BCUT2D eigenvalue weighted by molar-refractivity contribution is 5.83. The molecule has 0 aliphatic heterocycles. The van der Waals surface area contributed by atoms with Crippen molar-refractivity contribution < 1.29 is 18.7 Å². The second-order valence-corrected chi connectivity index (χ2v) is 2.62. The van der Waals surface area contributed by atoms with Crippen molar-refractivity contribution in [3.8, 4) is 0 Å². The normalized spacial score (nSPS) is 12.2. The van der Waals surface area contributed by atoms with E-state index in [0.717, 1.165) is 0 Å². The fourth-order valence-corrected chi connectivity index (χ4v) is 0.948. The molecule has 4 heteroatoms. The Morgan fingerprint density at radius 2 is 2.15 bits per heavy atom. The fraction of sp³-hybridized carbons (Fsp3) is 0.333. The van der Waals surface area contributed by atoms with Gasteiger partial charge in [0.2, 0.25) is 6.10 Å². The Hall–Kier alpha value is -1.58. The van der Waals surface area contributed by atoms with Crippen LogP contribution in [0.2, 0.25) is 0 Å². The summed E-state index contributed by atoms with van der Waals surface area (Å²) in [6.45, 7) is 2.59. The lowest BCUT2D eigenvalue weighted by atomic mass is 10.2. The molecule has 0 aliphatic rings. The van der Waals surface area contributed by atoms with E-state index in [1.165, 1.54) is 20.1 Å². The maximum atomic E-state index is 11.0. The van der Waals surface area contributed by atoms with E-state index in [1.54, 1.807) is 12.1 Å². The van der Waals surface area contributed by atoms with E-state index >= 15 is 0 Å². The van der Waals surface area contributed by atoms with Crippen molar-refractivity contribution in [1.82, 2.24) is 0 Å². The summed E-state index contributed by atoms with van der Waals surface area (Å²) in [5.41, 5.74) is 0. The number of carbonyl (C=O) groups is 2. The molecule has 0 saturated heterocycles. The van der Waals surface area contributed by atoms with Crippen LogP contribution in [0.3, 0.4) is 0 Å². The van der Waals surface area contributed by atoms with E-state index in [1.807, 2.05) is 0 Å². The maximum Gasteiger partial charge on any atom is 0.303 e. The number of carbonyl (C=O) groups excluding carboxylic acids is 2. The van der Waals surface area contributed by atoms with Gasteiger partial charge in [-0.05, 0) is 19.1 Å². The molecule has 13 heavy (non-hydrogen) atoms. The molecule has 1 aromatic heterocycles. The summed E-state index contributed by atoms with van der Waals surface area (Å²) < 4.78 is 9.73. The third-order valence-corrected chi connectivity index (χ3v) is 1.45. The zero-order valence-corrected chi connectivity index (χ0v) is 7.44. The Morgan fingerprint density at radius 3 is 2.54 bits per heavy atom. The lowest BCUT2D eigenvalue weighted by molar-refractivity contribution is -0.153. The predicted molar refractivity (Wildman–Crippen MR) is 43.9 cm³/mol. The third-order valence-electron chi connectivity index (χ3n) is 1.45. The summed E-state index contributed by atoms with van der Waals surface area (Å²) in [6, 6.07) is 3.23. The van der Waals surface area contributed by atoms with Gasteiger partial charge in [0.1, 0.15) is 0 Å². The van der Waals surface area contributed by atoms with Crippen LogP contribution in [0.25, 0.3) is 0 Å². The van der Waals surface area contributed by atoms with Crippen LogP contribution in [0.15, 0.2) is 22.8 Å². The Morgan fingerprint density at radius 1 is 1.46 bits per heavy atom. The molecule has 0 aliphatic carbocycles. The van der Waals surface area contributed by atoms with Gasteiger partial charge >= 0.3 is 5.97 Å². The first kappa shape index (κ1) is 9.51. The average Bonchev–Trinajstić information content (AvgIpc) is 2.50. The van der Waals surface area contributed by atoms with Crippen molar-refractivity contribution in [2.24, 2.45) is 0 Å². The highest BCUT2D eigenvalue weighted by Gasteiger charge is 2.22. The first-order chi connectivity index (χ1) is 6.11. The van der Waals surface area contributed by atoms with E-state index in [-0.39, 0.29) is 5.78 Å². The van der Waals surface area contributed by atoms with Crippen molar-refractivity contribution in [2.45, 2.75) is 20.0 Å². The monoisotopic (exact) mass is 182 g/mol. The van der Waals surface area contributed by atoms with Gasteiger partial charge in [-0.2, -0.15) is 0 Å². The summed E-state index contributed by atoms with van der Waals surface area (Å²) >= 11 is 0. The second kappa shape index (κ2) is 3.89. The van der Waals surface area contributed by atoms with Gasteiger partial charge in [-0.15, -0.1) is 0 Å². The molecule has 4 nitrogen and oxygen atoms in total. The summed E-state index contributed by atoms with van der Waals surface area (Å²) in [7, 11) is 0. The standard InChI is InChI=1S/C9H10O4/c1-6(10)9(13-7(2)11)8-4-3-5-12-8/h3-5,9H,1-2H3. The summed E-state index contributed by atoms with van der Waals surface area (Å²) in [6.07, 6.45) is 0.516. The first-order valence-electron chi connectivity index (χ1n) is 3.82. The van der Waals surface area contributed by atoms with Gasteiger partial charge in [0.25, 0.3) is 0 Å². The number of hydrogen-bond acceptors (Lipinski definition) is 4. The van der Waals surface area contributed by atoms with Gasteiger partial charge in [0.15, 0.2) is 11.5 Å². The predicted octanol–water partition coefficient (Wildman–Crippen LogP) is 1.47. The molecular weight excluding hydrogens is 172 g/mol. The third kappa shape index (κ3) is 2.43. The topological polar surface area (TPSA) is 56.5 Å². The van der Waals surface area contributed by atoms with Gasteiger partial charge in [0, 0.05) is 6.92 Å². The fourth-order valence-electron chi connectivity index (χ4n) is 0.948. The number of furan rings is 1. The molecule has 1 unspecified atom stereocenters. The number of esters is 1. The van der Waals surface area contributed by atoms with Crippen LogP contribution in [0.5, 0.6) is 0 Å². The first-order valence-corrected chi connectivity index (χ1v) is 3.82. The summed E-state index contributed by atoms with van der Waals surface area (Å²) in [5, 5.41) is 0. The molecule has 0 N–H and O–H groups in total. The van der Waals surface area contributed by atoms with Crippen LogP contribution in [-0.4, -0.2) is 11.8 Å². The van der Waals surface area contributed by atoms with Crippen LogP contribution in [0.4, 0.5) is 0 Å². The second-order valence-electron chi connectivity index (χ2n) is 2.62. The number of rotatable bonds is 3. The zero-order chi connectivity index (χ0) is 9.84. The Kier molecular flexibility index (Phi) is 2.84. The molecule has 0 bridgehead atoms. The quantitative estimate of drug-likeness (QED) is 0.664. The van der Waals surface area contributed by atoms with Gasteiger partial charge in [-0.25, -0.2) is 0 Å². The number of Topliss-reactive ketones (excluding diaryl/α,β-unsaturated/α-hetero) is 1. The van der Waals surface area contributed by atoms with Crippen molar-refractivity contribution in [1.29, 1.82) is 0 Å². The van der Waals surface area contributed by atoms with E-state index in [4.69, 9.17) is 9.15 Å². The molecule has 0 radical (unpaired) electrons. The molecule has 1 rings (SSSR count). The summed E-state index contributed by atoms with van der Waals surface area (Å²) in [4.78, 5) is 21.7. The van der Waals surface area contributed by atoms with Crippen molar-refractivity contribution >= 4 is 11.8 Å². The highest BCUT2D eigenvalue weighted by atomic mass is 16.6. The molecule has 1 heterocycles.